The molecule has 1 aliphatic rings. The Morgan fingerprint density at radius 1 is 1.38 bits per heavy atom. The van der Waals surface area contributed by atoms with Gasteiger partial charge in [0.2, 0.25) is 0 Å². The average Bonchev–Trinajstić information content (AvgIpc) is 2.04. The molecule has 0 saturated carbocycles. The summed E-state index contributed by atoms with van der Waals surface area (Å²) in [5.74, 6) is 1.87. The highest BCUT2D eigenvalue weighted by atomic mass is 32.1. The molecule has 1 aliphatic heterocycles. The largest absolute Gasteiger partial charge is 0.302 e. The lowest BCUT2D eigenvalue weighted by molar-refractivity contribution is 0.104. The molecule has 0 bridgehead atoms. The maximum atomic E-state index is 4.29. The maximum absolute atomic E-state index is 4.29. The second-order valence-electron chi connectivity index (χ2n) is 5.23. The smallest absolute Gasteiger partial charge is 0.00699 e. The minimum Gasteiger partial charge on any atom is -0.302 e. The van der Waals surface area contributed by atoms with Crippen LogP contribution in [0.25, 0.3) is 0 Å². The molecule has 0 aliphatic carbocycles. The highest BCUT2D eigenvalue weighted by Crippen LogP contribution is 2.32. The predicted molar refractivity (Wildman–Crippen MR) is 62.5 cm³/mol. The van der Waals surface area contributed by atoms with Gasteiger partial charge >= 0.3 is 0 Å². The summed E-state index contributed by atoms with van der Waals surface area (Å²) in [6.45, 7) is 10.8. The second-order valence-corrected chi connectivity index (χ2v) is 5.68. The van der Waals surface area contributed by atoms with Gasteiger partial charge < -0.3 is 4.90 Å². The van der Waals surface area contributed by atoms with Crippen molar-refractivity contribution in [2.75, 3.05) is 25.4 Å². The average molecular weight is 201 g/mol. The van der Waals surface area contributed by atoms with Crippen molar-refractivity contribution in [2.45, 2.75) is 33.6 Å². The van der Waals surface area contributed by atoms with Crippen molar-refractivity contribution in [2.24, 2.45) is 11.3 Å². The lowest BCUT2D eigenvalue weighted by atomic mass is 9.76. The van der Waals surface area contributed by atoms with Crippen molar-refractivity contribution < 1.29 is 0 Å². The van der Waals surface area contributed by atoms with E-state index in [2.05, 4.69) is 38.3 Å². The maximum Gasteiger partial charge on any atom is 0.00699 e. The molecular weight excluding hydrogens is 178 g/mol. The molecule has 0 spiro atoms. The van der Waals surface area contributed by atoms with Crippen LogP contribution in [0.3, 0.4) is 0 Å². The van der Waals surface area contributed by atoms with Crippen molar-refractivity contribution in [1.29, 1.82) is 0 Å². The number of thiol groups is 1. The quantitative estimate of drug-likeness (QED) is 0.672. The van der Waals surface area contributed by atoms with Crippen molar-refractivity contribution in [1.82, 2.24) is 4.90 Å². The van der Waals surface area contributed by atoms with E-state index in [0.717, 1.165) is 18.2 Å². The summed E-state index contributed by atoms with van der Waals surface area (Å²) < 4.78 is 0. The number of piperidine rings is 1. The highest BCUT2D eigenvalue weighted by Gasteiger charge is 2.28. The molecule has 0 aromatic heterocycles. The molecule has 0 aromatic carbocycles. The fourth-order valence-corrected chi connectivity index (χ4v) is 2.39. The zero-order chi connectivity index (χ0) is 9.90. The molecule has 0 amide bonds. The van der Waals surface area contributed by atoms with Gasteiger partial charge in [-0.15, -0.1) is 0 Å². The topological polar surface area (TPSA) is 3.24 Å². The Hall–Kier alpha value is 0.310. The van der Waals surface area contributed by atoms with Crippen LogP contribution in [0.4, 0.5) is 0 Å². The Kier molecular flexibility index (Phi) is 4.11. The number of nitrogens with zero attached hydrogens (tertiary/aromatic N) is 1. The number of rotatable bonds is 2. The molecule has 0 aromatic rings. The van der Waals surface area contributed by atoms with Crippen LogP contribution >= 0.6 is 12.6 Å². The summed E-state index contributed by atoms with van der Waals surface area (Å²) in [5, 5.41) is 0. The summed E-state index contributed by atoms with van der Waals surface area (Å²) in [5.41, 5.74) is 0.481. The summed E-state index contributed by atoms with van der Waals surface area (Å²) in [6, 6.07) is 0. The summed E-state index contributed by atoms with van der Waals surface area (Å²) in [7, 11) is 0. The Morgan fingerprint density at radius 3 is 2.62 bits per heavy atom. The van der Waals surface area contributed by atoms with Crippen molar-refractivity contribution in [3.05, 3.63) is 0 Å². The number of likely N-dealkylation sites (tertiary alicyclic amines) is 1. The minimum absolute atomic E-state index is 0.481. The van der Waals surface area contributed by atoms with Gasteiger partial charge in [0.15, 0.2) is 0 Å². The van der Waals surface area contributed by atoms with Gasteiger partial charge in [0, 0.05) is 18.8 Å². The van der Waals surface area contributed by atoms with E-state index in [1.165, 1.54) is 25.9 Å². The van der Waals surface area contributed by atoms with E-state index in [-0.39, 0.29) is 0 Å². The first kappa shape index (κ1) is 11.4. The number of hydrogen-bond donors (Lipinski definition) is 1. The zero-order valence-corrected chi connectivity index (χ0v) is 10.1. The van der Waals surface area contributed by atoms with Gasteiger partial charge in [-0.2, -0.15) is 12.6 Å². The normalized spacial score (nSPS) is 26.3. The molecule has 1 unspecified atom stereocenters. The lowest BCUT2D eigenvalue weighted by Gasteiger charge is -2.39. The molecule has 0 N–H and O–H groups in total. The van der Waals surface area contributed by atoms with E-state index in [1.54, 1.807) is 0 Å². The van der Waals surface area contributed by atoms with E-state index in [1.807, 2.05) is 0 Å². The third-order valence-electron chi connectivity index (χ3n) is 3.15. The third kappa shape index (κ3) is 3.51. The van der Waals surface area contributed by atoms with Crippen molar-refractivity contribution in [3.63, 3.8) is 0 Å². The van der Waals surface area contributed by atoms with Crippen LogP contribution in [-0.2, 0) is 0 Å². The molecule has 2 heteroatoms. The van der Waals surface area contributed by atoms with Crippen LogP contribution in [0, 0.1) is 11.3 Å². The van der Waals surface area contributed by atoms with Crippen LogP contribution in [0.1, 0.15) is 33.6 Å². The molecule has 1 saturated heterocycles. The molecule has 1 nitrogen and oxygen atoms in total. The first-order valence-corrected chi connectivity index (χ1v) is 6.00. The van der Waals surface area contributed by atoms with Crippen molar-refractivity contribution in [3.8, 4) is 0 Å². The highest BCUT2D eigenvalue weighted by molar-refractivity contribution is 7.80. The molecule has 0 radical (unpaired) electrons. The van der Waals surface area contributed by atoms with Gasteiger partial charge in [-0.1, -0.05) is 20.8 Å². The van der Waals surface area contributed by atoms with E-state index in [9.17, 15) is 0 Å². The van der Waals surface area contributed by atoms with Crippen LogP contribution in [0.15, 0.2) is 0 Å². The van der Waals surface area contributed by atoms with Gasteiger partial charge in [-0.05, 0) is 30.7 Å². The zero-order valence-electron chi connectivity index (χ0n) is 9.21. The first-order chi connectivity index (χ1) is 6.04. The molecule has 1 fully saturated rings. The molecular formula is C11H23NS. The Morgan fingerprint density at radius 2 is 2.08 bits per heavy atom. The van der Waals surface area contributed by atoms with E-state index >= 15 is 0 Å². The van der Waals surface area contributed by atoms with E-state index in [4.69, 9.17) is 0 Å². The first-order valence-electron chi connectivity index (χ1n) is 5.37. The third-order valence-corrected chi connectivity index (χ3v) is 3.35. The van der Waals surface area contributed by atoms with E-state index in [0.29, 0.717) is 5.41 Å². The molecule has 13 heavy (non-hydrogen) atoms. The van der Waals surface area contributed by atoms with Gasteiger partial charge in [-0.25, -0.2) is 0 Å². The Balaban J connectivity index is 2.42. The SMILES string of the molecule is CC(C)(C)C1CCCN(CCS)C1. The lowest BCUT2D eigenvalue weighted by Crippen LogP contribution is -2.41. The van der Waals surface area contributed by atoms with Crippen LogP contribution in [0.5, 0.6) is 0 Å². The van der Waals surface area contributed by atoms with Gasteiger partial charge in [-0.3, -0.25) is 0 Å². The number of hydrogen-bond acceptors (Lipinski definition) is 2. The minimum atomic E-state index is 0.481. The Labute approximate surface area is 88.3 Å². The van der Waals surface area contributed by atoms with Gasteiger partial charge in [0.05, 0.1) is 0 Å². The fraction of sp³-hybridized carbons (Fsp3) is 1.00. The van der Waals surface area contributed by atoms with Gasteiger partial charge in [0.1, 0.15) is 0 Å². The summed E-state index contributed by atoms with van der Waals surface area (Å²) in [6.07, 6.45) is 2.78. The van der Waals surface area contributed by atoms with Crippen LogP contribution in [0.2, 0.25) is 0 Å². The van der Waals surface area contributed by atoms with E-state index < -0.39 is 0 Å². The summed E-state index contributed by atoms with van der Waals surface area (Å²) >= 11 is 4.29. The monoisotopic (exact) mass is 201 g/mol. The molecule has 1 rings (SSSR count). The second kappa shape index (κ2) is 4.70. The standard InChI is InChI=1S/C11H23NS/c1-11(2,3)10-5-4-6-12(9-10)7-8-13/h10,13H,4-9H2,1-3H3. The molecule has 78 valence electrons. The summed E-state index contributed by atoms with van der Waals surface area (Å²) in [4.78, 5) is 2.56. The van der Waals surface area contributed by atoms with Crippen molar-refractivity contribution >= 4 is 12.6 Å². The van der Waals surface area contributed by atoms with Crippen LogP contribution in [-0.4, -0.2) is 30.3 Å². The fourth-order valence-electron chi connectivity index (χ4n) is 2.11. The van der Waals surface area contributed by atoms with Gasteiger partial charge in [0.25, 0.3) is 0 Å². The van der Waals surface area contributed by atoms with Crippen LogP contribution < -0.4 is 0 Å². The Bertz CT molecular complexity index is 149. The molecule has 1 heterocycles. The predicted octanol–water partition coefficient (Wildman–Crippen LogP) is 2.67. The molecule has 1 atom stereocenters.